The molecule has 2 rings (SSSR count). The minimum absolute atomic E-state index is 0.199. The third-order valence-electron chi connectivity index (χ3n) is 3.27. The van der Waals surface area contributed by atoms with E-state index in [4.69, 9.17) is 16.9 Å². The molecule has 0 spiro atoms. The quantitative estimate of drug-likeness (QED) is 0.661. The largest absolute Gasteiger partial charge is 0.379 e. The van der Waals surface area contributed by atoms with Crippen molar-refractivity contribution in [2.45, 2.75) is 18.9 Å². The van der Waals surface area contributed by atoms with Crippen LogP contribution >= 0.6 is 0 Å². The second kappa shape index (κ2) is 4.98. The lowest BCUT2D eigenvalue weighted by Crippen LogP contribution is -2.39. The molecule has 0 aromatic rings. The Morgan fingerprint density at radius 3 is 2.67 bits per heavy atom. The van der Waals surface area contributed by atoms with Gasteiger partial charge in [-0.2, -0.15) is 0 Å². The molecular weight excluding hydrogens is 188 g/mol. The van der Waals surface area contributed by atoms with Crippen molar-refractivity contribution in [2.75, 3.05) is 32.8 Å². The average molecular weight is 208 g/mol. The number of nitrogens with zero attached hydrogens (tertiary/aromatic N) is 1. The average Bonchev–Trinajstić information content (AvgIpc) is 2.92. The normalized spacial score (nSPS) is 30.7. The van der Waals surface area contributed by atoms with Crippen LogP contribution in [0.4, 0.5) is 0 Å². The van der Waals surface area contributed by atoms with Crippen LogP contribution < -0.4 is 5.73 Å². The highest BCUT2D eigenvalue weighted by molar-refractivity contribution is 4.92. The lowest BCUT2D eigenvalue weighted by molar-refractivity contribution is 0.169. The number of hydrogen-bond donors (Lipinski definition) is 1. The third-order valence-corrected chi connectivity index (χ3v) is 3.27. The van der Waals surface area contributed by atoms with Crippen LogP contribution in [0.15, 0.2) is 0 Å². The Kier molecular flexibility index (Phi) is 3.63. The molecular formula is C12H20N2O. The van der Waals surface area contributed by atoms with Gasteiger partial charge in [-0.25, -0.2) is 0 Å². The zero-order valence-corrected chi connectivity index (χ0v) is 9.19. The van der Waals surface area contributed by atoms with Gasteiger partial charge in [0.2, 0.25) is 0 Å². The summed E-state index contributed by atoms with van der Waals surface area (Å²) in [6, 6.07) is 0.199. The van der Waals surface area contributed by atoms with Gasteiger partial charge in [0.25, 0.3) is 0 Å². The molecule has 1 aliphatic heterocycles. The maximum Gasteiger partial charge on any atom is 0.0621 e. The van der Waals surface area contributed by atoms with Crippen LogP contribution in [-0.2, 0) is 4.74 Å². The van der Waals surface area contributed by atoms with E-state index in [9.17, 15) is 0 Å². The molecule has 84 valence electrons. The third kappa shape index (κ3) is 3.20. The molecule has 2 unspecified atom stereocenters. The van der Waals surface area contributed by atoms with Gasteiger partial charge in [0.15, 0.2) is 0 Å². The summed E-state index contributed by atoms with van der Waals surface area (Å²) in [7, 11) is 0. The van der Waals surface area contributed by atoms with Crippen LogP contribution in [0.3, 0.4) is 0 Å². The van der Waals surface area contributed by atoms with Gasteiger partial charge in [0, 0.05) is 25.0 Å². The standard InChI is InChI=1S/C12H20N2O/c1-2-5-14(6-10-3-4-10)7-11-8-15-9-12(11)13/h1,10-12H,3-9,13H2. The molecule has 1 aliphatic carbocycles. The molecule has 1 saturated heterocycles. The molecule has 0 aromatic carbocycles. The van der Waals surface area contributed by atoms with Crippen molar-refractivity contribution in [1.82, 2.24) is 4.90 Å². The van der Waals surface area contributed by atoms with E-state index >= 15 is 0 Å². The molecule has 0 radical (unpaired) electrons. The molecule has 2 fully saturated rings. The molecule has 0 aromatic heterocycles. The Labute approximate surface area is 92.0 Å². The number of terminal acetylenes is 1. The minimum atomic E-state index is 0.199. The van der Waals surface area contributed by atoms with Gasteiger partial charge in [-0.15, -0.1) is 6.42 Å². The van der Waals surface area contributed by atoms with Crippen LogP contribution in [0, 0.1) is 24.2 Å². The molecule has 0 amide bonds. The predicted molar refractivity (Wildman–Crippen MR) is 60.3 cm³/mol. The predicted octanol–water partition coefficient (Wildman–Crippen LogP) is 0.305. The van der Waals surface area contributed by atoms with Crippen LogP contribution in [0.2, 0.25) is 0 Å². The highest BCUT2D eigenvalue weighted by Crippen LogP contribution is 2.30. The summed E-state index contributed by atoms with van der Waals surface area (Å²) in [6.45, 7) is 4.40. The molecule has 3 nitrogen and oxygen atoms in total. The monoisotopic (exact) mass is 208 g/mol. The van der Waals surface area contributed by atoms with Crippen molar-refractivity contribution in [1.29, 1.82) is 0 Å². The Balaban J connectivity index is 1.79. The topological polar surface area (TPSA) is 38.5 Å². The Bertz CT molecular complexity index is 244. The molecule has 1 saturated carbocycles. The first kappa shape index (κ1) is 10.9. The Hall–Kier alpha value is -0.560. The molecule has 1 heterocycles. The summed E-state index contributed by atoms with van der Waals surface area (Å²) in [6.07, 6.45) is 8.12. The van der Waals surface area contributed by atoms with Crippen LogP contribution in [0.1, 0.15) is 12.8 Å². The van der Waals surface area contributed by atoms with Gasteiger partial charge < -0.3 is 10.5 Å². The molecule has 2 atom stereocenters. The van der Waals surface area contributed by atoms with E-state index in [1.807, 2.05) is 0 Å². The van der Waals surface area contributed by atoms with E-state index in [0.717, 1.165) is 32.2 Å². The Morgan fingerprint density at radius 1 is 1.33 bits per heavy atom. The highest BCUT2D eigenvalue weighted by atomic mass is 16.5. The van der Waals surface area contributed by atoms with Crippen molar-refractivity contribution >= 4 is 0 Å². The number of rotatable bonds is 5. The van der Waals surface area contributed by atoms with E-state index in [2.05, 4.69) is 10.8 Å². The zero-order valence-electron chi connectivity index (χ0n) is 9.19. The van der Waals surface area contributed by atoms with Crippen molar-refractivity contribution in [2.24, 2.45) is 17.6 Å². The van der Waals surface area contributed by atoms with E-state index in [-0.39, 0.29) is 6.04 Å². The first-order valence-electron chi connectivity index (χ1n) is 5.78. The van der Waals surface area contributed by atoms with Crippen molar-refractivity contribution in [3.8, 4) is 12.3 Å². The molecule has 0 bridgehead atoms. The van der Waals surface area contributed by atoms with Gasteiger partial charge in [-0.05, 0) is 18.8 Å². The van der Waals surface area contributed by atoms with Crippen molar-refractivity contribution < 1.29 is 4.74 Å². The number of ether oxygens (including phenoxy) is 1. The van der Waals surface area contributed by atoms with Crippen molar-refractivity contribution in [3.05, 3.63) is 0 Å². The van der Waals surface area contributed by atoms with E-state index in [0.29, 0.717) is 12.5 Å². The van der Waals surface area contributed by atoms with Crippen LogP contribution in [0.25, 0.3) is 0 Å². The molecule has 3 heteroatoms. The summed E-state index contributed by atoms with van der Waals surface area (Å²) in [5, 5.41) is 0. The lowest BCUT2D eigenvalue weighted by Gasteiger charge is -2.24. The first-order valence-corrected chi connectivity index (χ1v) is 5.78. The molecule has 2 aliphatic rings. The Morgan fingerprint density at radius 2 is 2.13 bits per heavy atom. The van der Waals surface area contributed by atoms with E-state index < -0.39 is 0 Å². The minimum Gasteiger partial charge on any atom is -0.379 e. The van der Waals surface area contributed by atoms with Gasteiger partial charge in [0.05, 0.1) is 19.8 Å². The summed E-state index contributed by atoms with van der Waals surface area (Å²) < 4.78 is 5.37. The first-order chi connectivity index (χ1) is 7.29. The fourth-order valence-corrected chi connectivity index (χ4v) is 2.13. The van der Waals surface area contributed by atoms with Crippen LogP contribution in [0.5, 0.6) is 0 Å². The zero-order chi connectivity index (χ0) is 10.7. The van der Waals surface area contributed by atoms with Gasteiger partial charge in [-0.3, -0.25) is 4.90 Å². The fraction of sp³-hybridized carbons (Fsp3) is 0.833. The second-order valence-corrected chi connectivity index (χ2v) is 4.80. The van der Waals surface area contributed by atoms with Crippen molar-refractivity contribution in [3.63, 3.8) is 0 Å². The van der Waals surface area contributed by atoms with Crippen LogP contribution in [-0.4, -0.2) is 43.8 Å². The molecule has 15 heavy (non-hydrogen) atoms. The number of hydrogen-bond acceptors (Lipinski definition) is 3. The molecule has 2 N–H and O–H groups in total. The number of nitrogens with two attached hydrogens (primary N) is 1. The highest BCUT2D eigenvalue weighted by Gasteiger charge is 2.29. The van der Waals surface area contributed by atoms with Gasteiger partial charge in [0.1, 0.15) is 0 Å². The second-order valence-electron chi connectivity index (χ2n) is 4.80. The smallest absolute Gasteiger partial charge is 0.0621 e. The maximum absolute atomic E-state index is 5.97. The van der Waals surface area contributed by atoms with Gasteiger partial charge >= 0.3 is 0 Å². The maximum atomic E-state index is 5.97. The van der Waals surface area contributed by atoms with E-state index in [1.54, 1.807) is 0 Å². The summed E-state index contributed by atoms with van der Waals surface area (Å²) in [5.41, 5.74) is 5.97. The summed E-state index contributed by atoms with van der Waals surface area (Å²) in [5.74, 6) is 4.09. The lowest BCUT2D eigenvalue weighted by atomic mass is 10.0. The summed E-state index contributed by atoms with van der Waals surface area (Å²) in [4.78, 5) is 2.36. The summed E-state index contributed by atoms with van der Waals surface area (Å²) >= 11 is 0. The van der Waals surface area contributed by atoms with Gasteiger partial charge in [-0.1, -0.05) is 5.92 Å². The SMILES string of the molecule is C#CCN(CC1CC1)CC1COCC1N. The fourth-order valence-electron chi connectivity index (χ4n) is 2.13. The van der Waals surface area contributed by atoms with E-state index in [1.165, 1.54) is 12.8 Å².